The number of unbranched alkanes of at least 4 members (excludes halogenated alkanes) is 2. The molecular formula is C33H52N3O11P. The van der Waals surface area contributed by atoms with E-state index in [2.05, 4.69) is 4.76 Å². The molecule has 0 radical (unpaired) electrons. The summed E-state index contributed by atoms with van der Waals surface area (Å²) in [5.41, 5.74) is 6.93. The van der Waals surface area contributed by atoms with Crippen LogP contribution in [-0.4, -0.2) is 86.0 Å². The molecule has 0 bridgehead atoms. The Balaban J connectivity index is 1.49. The maximum absolute atomic E-state index is 13.7. The summed E-state index contributed by atoms with van der Waals surface area (Å²) in [5.74, 6) is -1.47. The highest BCUT2D eigenvalue weighted by Crippen LogP contribution is 2.50. The molecule has 0 aromatic heterocycles. The number of likely N-dealkylation sites (N-methyl/N-ethyl adjacent to an activating group) is 1. The number of carboxylic acid groups (broad SMARTS) is 1. The molecule has 3 rings (SSSR count). The molecule has 14 nitrogen and oxygen atoms in total. The highest BCUT2D eigenvalue weighted by atomic mass is 31.2. The minimum atomic E-state index is -4.20. The predicted octanol–water partition coefficient (Wildman–Crippen LogP) is 6.60. The largest absolute Gasteiger partial charge is 0.508 e. The molecule has 0 saturated heterocycles. The minimum Gasteiger partial charge on any atom is -0.480 e. The number of nitrogens with zero attached hydrogens (tertiary/aromatic N) is 2. The number of rotatable bonds is 19. The highest BCUT2D eigenvalue weighted by Gasteiger charge is 2.30. The molecule has 0 spiro atoms. The predicted molar refractivity (Wildman–Crippen MR) is 178 cm³/mol. The lowest BCUT2D eigenvalue weighted by molar-refractivity contribution is -0.141. The van der Waals surface area contributed by atoms with Gasteiger partial charge >= 0.3 is 26.0 Å². The fourth-order valence-electron chi connectivity index (χ4n) is 5.46. The average molecular weight is 698 g/mol. The van der Waals surface area contributed by atoms with Gasteiger partial charge in [-0.2, -0.15) is 0 Å². The van der Waals surface area contributed by atoms with E-state index in [9.17, 15) is 24.1 Å². The van der Waals surface area contributed by atoms with Crippen LogP contribution < -0.4 is 5.73 Å². The fourth-order valence-corrected chi connectivity index (χ4v) is 6.76. The second-order valence-electron chi connectivity index (χ2n) is 12.1. The van der Waals surface area contributed by atoms with Crippen molar-refractivity contribution in [3.05, 3.63) is 35.9 Å². The lowest BCUT2D eigenvalue weighted by Gasteiger charge is -2.26. The smallest absolute Gasteiger partial charge is 0.480 e. The number of carbonyl (C=O) groups is 3. The molecule has 1 aromatic carbocycles. The van der Waals surface area contributed by atoms with Crippen molar-refractivity contribution in [3.63, 3.8) is 0 Å². The molecule has 3 N–H and O–H groups in total. The number of guanidine groups is 1. The molecule has 1 atom stereocenters. The number of ether oxygens (including phenoxy) is 4. The van der Waals surface area contributed by atoms with E-state index in [0.29, 0.717) is 25.7 Å². The maximum Gasteiger partial charge on any atom is 0.508 e. The minimum absolute atomic E-state index is 0.0543. The van der Waals surface area contributed by atoms with Gasteiger partial charge in [0.25, 0.3) is 0 Å². The van der Waals surface area contributed by atoms with Gasteiger partial charge in [0.05, 0.1) is 26.4 Å². The van der Waals surface area contributed by atoms with E-state index < -0.39 is 32.1 Å². The van der Waals surface area contributed by atoms with Gasteiger partial charge in [0, 0.05) is 13.5 Å². The van der Waals surface area contributed by atoms with E-state index in [1.165, 1.54) is 11.9 Å². The molecule has 0 aliphatic heterocycles. The lowest BCUT2D eigenvalue weighted by atomic mass is 9.98. The van der Waals surface area contributed by atoms with E-state index in [-0.39, 0.29) is 51.0 Å². The monoisotopic (exact) mass is 697 g/mol. The zero-order valence-corrected chi connectivity index (χ0v) is 28.9. The van der Waals surface area contributed by atoms with Crippen molar-refractivity contribution in [1.82, 2.24) is 4.90 Å². The third-order valence-electron chi connectivity index (χ3n) is 8.27. The van der Waals surface area contributed by atoms with Crippen LogP contribution >= 0.6 is 7.75 Å². The van der Waals surface area contributed by atoms with Crippen LogP contribution in [0.25, 0.3) is 0 Å². The first kappa shape index (κ1) is 39.1. The zero-order chi connectivity index (χ0) is 34.6. The summed E-state index contributed by atoms with van der Waals surface area (Å²) < 4.78 is 49.9. The van der Waals surface area contributed by atoms with Crippen molar-refractivity contribution < 1.29 is 52.1 Å². The molecular weight excluding hydrogens is 645 g/mol. The Morgan fingerprint density at radius 2 is 1.27 bits per heavy atom. The fraction of sp³-hybridized carbons (Fsp3) is 0.697. The van der Waals surface area contributed by atoms with Crippen LogP contribution in [-0.2, 0) is 43.8 Å². The number of aliphatic carboxylic acids is 1. The van der Waals surface area contributed by atoms with Crippen LogP contribution in [0, 0.1) is 0 Å². The van der Waals surface area contributed by atoms with Crippen molar-refractivity contribution >= 4 is 32.0 Å². The summed E-state index contributed by atoms with van der Waals surface area (Å²) in [5, 5.41) is 9.89. The van der Waals surface area contributed by atoms with Crippen LogP contribution in [0.5, 0.6) is 0 Å². The summed E-state index contributed by atoms with van der Waals surface area (Å²) in [4.78, 5) is 37.3. The van der Waals surface area contributed by atoms with Gasteiger partial charge in [-0.1, -0.05) is 43.2 Å². The molecule has 2 aliphatic rings. The third-order valence-corrected chi connectivity index (χ3v) is 9.73. The van der Waals surface area contributed by atoms with Crippen molar-refractivity contribution in [3.8, 4) is 0 Å². The Kier molecular flexibility index (Phi) is 17.6. The van der Waals surface area contributed by atoms with Crippen LogP contribution in [0.2, 0.25) is 0 Å². The van der Waals surface area contributed by atoms with Gasteiger partial charge in [-0.15, -0.1) is 4.76 Å². The van der Waals surface area contributed by atoms with Crippen LogP contribution in [0.3, 0.4) is 0 Å². The average Bonchev–Trinajstić information content (AvgIpc) is 3.07. The Bertz CT molecular complexity index is 1140. The first-order valence-electron chi connectivity index (χ1n) is 17.1. The molecule has 48 heavy (non-hydrogen) atoms. The first-order valence-corrected chi connectivity index (χ1v) is 18.6. The second kappa shape index (κ2) is 21.6. The van der Waals surface area contributed by atoms with Gasteiger partial charge in [-0.25, -0.2) is 18.9 Å². The maximum atomic E-state index is 13.7. The van der Waals surface area contributed by atoms with Gasteiger partial charge < -0.3 is 34.7 Å². The summed E-state index contributed by atoms with van der Waals surface area (Å²) in [7, 11) is -2.76. The standard InChI is InChI=1S/C33H52N3O11P/c1-36(29(30(37)38)25-26-15-5-2-6-16-26)31(34)35-48(41,44-23-13-11-21-42-32(39)46-27-17-7-3-8-18-27)45-24-14-12-22-43-33(40)47-28-19-9-4-10-20-28/h2,5-6,15-16,27-29H,3-4,7-14,17-25H2,1H3,(H,37,38)(H2,34,35,41). The first-order chi connectivity index (χ1) is 23.1. The molecule has 2 fully saturated rings. The molecule has 0 amide bonds. The summed E-state index contributed by atoms with van der Waals surface area (Å²) >= 11 is 0. The van der Waals surface area contributed by atoms with Crippen molar-refractivity contribution in [2.24, 2.45) is 10.5 Å². The molecule has 0 heterocycles. The zero-order valence-electron chi connectivity index (χ0n) is 28.0. The quantitative estimate of drug-likeness (QED) is 0.0518. The van der Waals surface area contributed by atoms with Crippen LogP contribution in [0.1, 0.15) is 95.5 Å². The number of hydrogen-bond donors (Lipinski definition) is 2. The Hall–Kier alpha value is -3.35. The van der Waals surface area contributed by atoms with E-state index in [1.807, 2.05) is 6.07 Å². The van der Waals surface area contributed by atoms with E-state index in [0.717, 1.165) is 69.8 Å². The highest BCUT2D eigenvalue weighted by molar-refractivity contribution is 7.52. The SMILES string of the molecule is CN(C(N)=NP(=O)(OCCCCOC(=O)OC1CCCCC1)OCCCCOC(=O)OC1CCCCC1)C(Cc1ccccc1)C(=O)O. The molecule has 15 heteroatoms. The van der Waals surface area contributed by atoms with E-state index >= 15 is 0 Å². The Morgan fingerprint density at radius 1 is 0.812 bits per heavy atom. The Labute approximate surface area is 283 Å². The number of carboxylic acids is 1. The van der Waals surface area contributed by atoms with Gasteiger partial charge in [-0.3, -0.25) is 9.05 Å². The molecule has 270 valence electrons. The second-order valence-corrected chi connectivity index (χ2v) is 13.8. The van der Waals surface area contributed by atoms with Crippen molar-refractivity contribution in [1.29, 1.82) is 0 Å². The normalized spacial score (nSPS) is 16.9. The summed E-state index contributed by atoms with van der Waals surface area (Å²) in [6.07, 6.45) is 9.86. The third kappa shape index (κ3) is 15.3. The van der Waals surface area contributed by atoms with Gasteiger partial charge in [0.1, 0.15) is 18.2 Å². The topological polar surface area (TPSA) is 186 Å². The molecule has 1 unspecified atom stereocenters. The number of carbonyl (C=O) groups excluding carboxylic acids is 2. The molecule has 2 saturated carbocycles. The summed E-state index contributed by atoms with van der Waals surface area (Å²) in [6, 6.07) is 7.93. The number of hydrogen-bond acceptors (Lipinski definition) is 10. The summed E-state index contributed by atoms with van der Waals surface area (Å²) in [6.45, 7) is 0.0803. The number of nitrogens with two attached hydrogens (primary N) is 1. The van der Waals surface area contributed by atoms with Crippen molar-refractivity contribution in [2.75, 3.05) is 33.5 Å². The van der Waals surface area contributed by atoms with Gasteiger partial charge in [-0.05, 0) is 82.6 Å². The van der Waals surface area contributed by atoms with Crippen LogP contribution in [0.15, 0.2) is 35.1 Å². The molecule has 1 aromatic rings. The van der Waals surface area contributed by atoms with Crippen molar-refractivity contribution in [2.45, 2.75) is 115 Å². The number of benzene rings is 1. The van der Waals surface area contributed by atoms with E-state index in [4.69, 9.17) is 33.7 Å². The van der Waals surface area contributed by atoms with Gasteiger partial charge in [0.2, 0.25) is 5.96 Å². The molecule has 2 aliphatic carbocycles. The van der Waals surface area contributed by atoms with E-state index in [1.54, 1.807) is 24.3 Å². The lowest BCUT2D eigenvalue weighted by Crippen LogP contribution is -2.47. The Morgan fingerprint density at radius 3 is 1.73 bits per heavy atom. The van der Waals surface area contributed by atoms with Gasteiger partial charge in [0.15, 0.2) is 0 Å². The van der Waals surface area contributed by atoms with Crippen LogP contribution in [0.4, 0.5) is 9.59 Å².